The van der Waals surface area contributed by atoms with E-state index in [2.05, 4.69) is 10.2 Å². The Hall–Kier alpha value is -3.52. The topological polar surface area (TPSA) is 92.5 Å². The van der Waals surface area contributed by atoms with Crippen molar-refractivity contribution in [2.75, 3.05) is 31.1 Å². The SMILES string of the molecule is O=C(c1ccccc1[N+](=O)[O-])N1CCN(c2ccc(-c3ccc(Cl)cc3)nn2)CC1. The maximum Gasteiger partial charge on any atom is 0.282 e. The molecule has 1 aliphatic rings. The molecule has 1 amide bonds. The Bertz CT molecular complexity index is 1060. The van der Waals surface area contributed by atoms with Gasteiger partial charge in [0.2, 0.25) is 0 Å². The number of carbonyl (C=O) groups is 1. The number of nitrogens with zero attached hydrogens (tertiary/aromatic N) is 5. The smallest absolute Gasteiger partial charge is 0.282 e. The molecule has 9 heteroatoms. The van der Waals surface area contributed by atoms with E-state index in [1.54, 1.807) is 29.2 Å². The largest absolute Gasteiger partial charge is 0.352 e. The van der Waals surface area contributed by atoms with Gasteiger partial charge in [-0.2, -0.15) is 0 Å². The first-order valence-corrected chi connectivity index (χ1v) is 9.78. The van der Waals surface area contributed by atoms with Gasteiger partial charge in [-0.15, -0.1) is 10.2 Å². The molecule has 0 N–H and O–H groups in total. The maximum atomic E-state index is 12.8. The summed E-state index contributed by atoms with van der Waals surface area (Å²) in [7, 11) is 0. The van der Waals surface area contributed by atoms with Crippen molar-refractivity contribution in [2.24, 2.45) is 0 Å². The summed E-state index contributed by atoms with van der Waals surface area (Å²) < 4.78 is 0. The lowest BCUT2D eigenvalue weighted by Gasteiger charge is -2.35. The summed E-state index contributed by atoms with van der Waals surface area (Å²) in [5, 5.41) is 20.5. The Morgan fingerprint density at radius 1 is 0.933 bits per heavy atom. The highest BCUT2D eigenvalue weighted by Gasteiger charge is 2.27. The molecule has 1 aromatic heterocycles. The predicted molar refractivity (Wildman–Crippen MR) is 114 cm³/mol. The van der Waals surface area contributed by atoms with Crippen molar-refractivity contribution >= 4 is 29.0 Å². The minimum atomic E-state index is -0.526. The van der Waals surface area contributed by atoms with Gasteiger partial charge in [0, 0.05) is 42.8 Å². The van der Waals surface area contributed by atoms with Gasteiger partial charge in [0.25, 0.3) is 11.6 Å². The molecule has 152 valence electrons. The summed E-state index contributed by atoms with van der Waals surface area (Å²) in [4.78, 5) is 27.1. The average Bonchev–Trinajstić information content (AvgIpc) is 2.79. The lowest BCUT2D eigenvalue weighted by atomic mass is 10.1. The van der Waals surface area contributed by atoms with Gasteiger partial charge in [-0.1, -0.05) is 35.9 Å². The van der Waals surface area contributed by atoms with E-state index in [0.717, 1.165) is 17.1 Å². The molecule has 0 spiro atoms. The standard InChI is InChI=1S/C21H18ClN5O3/c22-16-7-5-15(6-8-16)18-9-10-20(24-23-18)25-11-13-26(14-12-25)21(28)17-3-1-2-4-19(17)27(29)30/h1-10H,11-14H2. The minimum Gasteiger partial charge on any atom is -0.352 e. The van der Waals surface area contributed by atoms with E-state index < -0.39 is 4.92 Å². The Morgan fingerprint density at radius 3 is 2.27 bits per heavy atom. The molecular formula is C21H18ClN5O3. The summed E-state index contributed by atoms with van der Waals surface area (Å²) in [6, 6.07) is 17.2. The van der Waals surface area contributed by atoms with Crippen LogP contribution in [0.4, 0.5) is 11.5 Å². The van der Waals surface area contributed by atoms with Gasteiger partial charge in [-0.05, 0) is 30.3 Å². The van der Waals surface area contributed by atoms with Gasteiger partial charge in [-0.3, -0.25) is 14.9 Å². The number of para-hydroxylation sites is 1. The van der Waals surface area contributed by atoms with Crippen LogP contribution in [0.2, 0.25) is 5.02 Å². The van der Waals surface area contributed by atoms with Crippen molar-refractivity contribution in [3.63, 3.8) is 0 Å². The van der Waals surface area contributed by atoms with E-state index in [-0.39, 0.29) is 17.2 Å². The first-order chi connectivity index (χ1) is 14.5. The monoisotopic (exact) mass is 423 g/mol. The van der Waals surface area contributed by atoms with Crippen LogP contribution in [0.1, 0.15) is 10.4 Å². The summed E-state index contributed by atoms with van der Waals surface area (Å²) in [6.07, 6.45) is 0. The number of piperazine rings is 1. The molecule has 30 heavy (non-hydrogen) atoms. The Kier molecular flexibility index (Phi) is 5.58. The summed E-state index contributed by atoms with van der Waals surface area (Å²) >= 11 is 5.92. The normalized spacial score (nSPS) is 13.9. The molecule has 0 bridgehead atoms. The molecule has 2 heterocycles. The number of amides is 1. The van der Waals surface area contributed by atoms with Crippen LogP contribution >= 0.6 is 11.6 Å². The molecule has 1 fully saturated rings. The van der Waals surface area contributed by atoms with E-state index in [1.165, 1.54) is 12.1 Å². The van der Waals surface area contributed by atoms with Gasteiger partial charge in [0.15, 0.2) is 5.82 Å². The van der Waals surface area contributed by atoms with Gasteiger partial charge < -0.3 is 9.80 Å². The molecule has 0 radical (unpaired) electrons. The van der Waals surface area contributed by atoms with Crippen molar-refractivity contribution in [1.82, 2.24) is 15.1 Å². The predicted octanol–water partition coefficient (Wildman–Crippen LogP) is 3.67. The number of halogens is 1. The molecule has 0 saturated carbocycles. The molecule has 3 aromatic rings. The zero-order valence-electron chi connectivity index (χ0n) is 15.9. The van der Waals surface area contributed by atoms with Crippen LogP contribution in [-0.4, -0.2) is 52.1 Å². The fourth-order valence-corrected chi connectivity index (χ4v) is 3.52. The number of nitro groups is 1. The second-order valence-electron chi connectivity index (χ2n) is 6.84. The first-order valence-electron chi connectivity index (χ1n) is 9.40. The van der Waals surface area contributed by atoms with Crippen LogP contribution in [0.3, 0.4) is 0 Å². The molecule has 8 nitrogen and oxygen atoms in total. The molecular weight excluding hydrogens is 406 g/mol. The number of nitro benzene ring substituents is 1. The van der Waals surface area contributed by atoms with Crippen LogP contribution in [0.5, 0.6) is 0 Å². The molecule has 0 atom stereocenters. The minimum absolute atomic E-state index is 0.114. The van der Waals surface area contributed by atoms with Gasteiger partial charge in [-0.25, -0.2) is 0 Å². The zero-order valence-corrected chi connectivity index (χ0v) is 16.7. The number of anilines is 1. The Morgan fingerprint density at radius 2 is 1.63 bits per heavy atom. The maximum absolute atomic E-state index is 12.8. The van der Waals surface area contributed by atoms with Crippen molar-refractivity contribution in [3.8, 4) is 11.3 Å². The highest BCUT2D eigenvalue weighted by molar-refractivity contribution is 6.30. The quantitative estimate of drug-likeness (QED) is 0.469. The van der Waals surface area contributed by atoms with E-state index in [4.69, 9.17) is 11.6 Å². The van der Waals surface area contributed by atoms with E-state index in [0.29, 0.717) is 31.2 Å². The third-order valence-corrected chi connectivity index (χ3v) is 5.26. The fourth-order valence-electron chi connectivity index (χ4n) is 3.39. The van der Waals surface area contributed by atoms with Gasteiger partial charge >= 0.3 is 0 Å². The number of hydrogen-bond donors (Lipinski definition) is 0. The Balaban J connectivity index is 1.42. The molecule has 2 aromatic carbocycles. The average molecular weight is 424 g/mol. The van der Waals surface area contributed by atoms with Crippen LogP contribution in [0, 0.1) is 10.1 Å². The highest BCUT2D eigenvalue weighted by Crippen LogP contribution is 2.23. The second-order valence-corrected chi connectivity index (χ2v) is 7.27. The fraction of sp³-hybridized carbons (Fsp3) is 0.190. The van der Waals surface area contributed by atoms with Crippen molar-refractivity contribution in [3.05, 3.63) is 81.4 Å². The Labute approximate surface area is 177 Å². The van der Waals surface area contributed by atoms with Crippen molar-refractivity contribution in [1.29, 1.82) is 0 Å². The third-order valence-electron chi connectivity index (χ3n) is 5.01. The van der Waals surface area contributed by atoms with Crippen molar-refractivity contribution in [2.45, 2.75) is 0 Å². The van der Waals surface area contributed by atoms with E-state index >= 15 is 0 Å². The first kappa shape index (κ1) is 19.8. The number of aromatic nitrogens is 2. The molecule has 0 unspecified atom stereocenters. The number of hydrogen-bond acceptors (Lipinski definition) is 6. The highest BCUT2D eigenvalue weighted by atomic mass is 35.5. The van der Waals surface area contributed by atoms with Crippen LogP contribution < -0.4 is 4.90 Å². The third kappa shape index (κ3) is 4.08. The van der Waals surface area contributed by atoms with Crippen LogP contribution in [-0.2, 0) is 0 Å². The van der Waals surface area contributed by atoms with Gasteiger partial charge in [0.1, 0.15) is 5.56 Å². The van der Waals surface area contributed by atoms with Crippen molar-refractivity contribution < 1.29 is 9.72 Å². The summed E-state index contributed by atoms with van der Waals surface area (Å²) in [5.41, 5.74) is 1.62. The molecule has 4 rings (SSSR count). The van der Waals surface area contributed by atoms with Crippen LogP contribution in [0.25, 0.3) is 11.3 Å². The lowest BCUT2D eigenvalue weighted by molar-refractivity contribution is -0.385. The van der Waals surface area contributed by atoms with Crippen LogP contribution in [0.15, 0.2) is 60.7 Å². The van der Waals surface area contributed by atoms with E-state index in [1.807, 2.05) is 29.2 Å². The lowest BCUT2D eigenvalue weighted by Crippen LogP contribution is -2.49. The number of rotatable bonds is 4. The zero-order chi connectivity index (χ0) is 21.1. The summed E-state index contributed by atoms with van der Waals surface area (Å²) in [5.74, 6) is 0.400. The molecule has 1 aliphatic heterocycles. The number of benzene rings is 2. The van der Waals surface area contributed by atoms with E-state index in [9.17, 15) is 14.9 Å². The summed E-state index contributed by atoms with van der Waals surface area (Å²) in [6.45, 7) is 2.04. The number of carbonyl (C=O) groups excluding carboxylic acids is 1. The van der Waals surface area contributed by atoms with Gasteiger partial charge in [0.05, 0.1) is 10.6 Å². The second kappa shape index (κ2) is 8.46. The molecule has 0 aliphatic carbocycles. The molecule has 1 saturated heterocycles.